The third-order valence-corrected chi connectivity index (χ3v) is 4.87. The van der Waals surface area contributed by atoms with E-state index in [-0.39, 0.29) is 38.9 Å². The van der Waals surface area contributed by atoms with Crippen molar-refractivity contribution in [2.45, 2.75) is 51.0 Å². The molecule has 1 amide bonds. The summed E-state index contributed by atoms with van der Waals surface area (Å²) in [5.41, 5.74) is 7.05. The topological polar surface area (TPSA) is 188 Å². The number of esters is 3. The summed E-state index contributed by atoms with van der Waals surface area (Å²) in [5, 5.41) is 10.8. The van der Waals surface area contributed by atoms with E-state index in [1.807, 2.05) is 60.7 Å². The maximum atomic E-state index is 11.5. The highest BCUT2D eigenvalue weighted by Crippen LogP contribution is 2.09. The SMILES string of the molecule is N[C@@H](CCC(=O)OCc1ccccc1)C(=O)O.O=C(CC[C@@H]1NC(=O)OC1=O)OCc1ccccc1.O=C(Cl)Cl. The third-order valence-electron chi connectivity index (χ3n) is 4.87. The van der Waals surface area contributed by atoms with E-state index in [9.17, 15) is 24.0 Å². The second-order valence-corrected chi connectivity index (χ2v) is 8.83. The Hall–Kier alpha value is -4.00. The first kappa shape index (κ1) is 34.0. The number of rotatable bonds is 11. The number of ether oxygens (including phenoxy) is 3. The predicted octanol–water partition coefficient (Wildman–Crippen LogP) is 3.65. The first-order valence-corrected chi connectivity index (χ1v) is 12.5. The molecule has 0 bridgehead atoms. The van der Waals surface area contributed by atoms with Crippen LogP contribution in [0.3, 0.4) is 0 Å². The fourth-order valence-corrected chi connectivity index (χ4v) is 2.86. The largest absolute Gasteiger partial charge is 0.480 e. The molecule has 0 aromatic heterocycles. The number of alkyl carbamates (subject to hydrolysis) is 1. The highest BCUT2D eigenvalue weighted by molar-refractivity contribution is 6.93. The lowest BCUT2D eigenvalue weighted by Crippen LogP contribution is -2.30. The van der Waals surface area contributed by atoms with E-state index < -0.39 is 46.8 Å². The van der Waals surface area contributed by atoms with Crippen LogP contribution < -0.4 is 11.1 Å². The van der Waals surface area contributed by atoms with Crippen LogP contribution in [0.2, 0.25) is 0 Å². The minimum atomic E-state index is -1.11. The number of halogens is 2. The van der Waals surface area contributed by atoms with Crippen molar-refractivity contribution in [1.82, 2.24) is 5.32 Å². The summed E-state index contributed by atoms with van der Waals surface area (Å²) in [5.74, 6) is -2.62. The molecule has 3 rings (SSSR count). The van der Waals surface area contributed by atoms with Gasteiger partial charge in [-0.05, 0) is 47.2 Å². The highest BCUT2D eigenvalue weighted by Gasteiger charge is 2.32. The summed E-state index contributed by atoms with van der Waals surface area (Å²) in [6, 6.07) is 16.8. The molecule has 1 heterocycles. The van der Waals surface area contributed by atoms with Crippen molar-refractivity contribution < 1.29 is 48.1 Å². The first-order chi connectivity index (χ1) is 19.0. The van der Waals surface area contributed by atoms with Gasteiger partial charge in [0.05, 0.1) is 0 Å². The van der Waals surface area contributed by atoms with Crippen molar-refractivity contribution in [3.05, 3.63) is 71.8 Å². The highest BCUT2D eigenvalue weighted by atomic mass is 35.5. The van der Waals surface area contributed by atoms with Gasteiger partial charge in [-0.2, -0.15) is 0 Å². The standard InChI is InChI=1S/C13H13NO5.C12H15NO4.CCl2O/c15-11(18-8-9-4-2-1-3-5-9)7-6-10-12(16)19-13(17)14-10;13-10(12(15)16)6-7-11(14)17-8-9-4-2-1-3-5-9;2-1(3)4/h1-5,10H,6-8H2,(H,14,17);1-5,10H,6-8,13H2,(H,15,16);/t2*10-;/m00./s1. The van der Waals surface area contributed by atoms with E-state index in [0.29, 0.717) is 0 Å². The van der Waals surface area contributed by atoms with Gasteiger partial charge in [0.25, 0.3) is 0 Å². The normalized spacial score (nSPS) is 14.1. The van der Waals surface area contributed by atoms with Gasteiger partial charge in [-0.3, -0.25) is 19.2 Å². The third kappa shape index (κ3) is 16.1. The van der Waals surface area contributed by atoms with Crippen LogP contribution in [0.25, 0.3) is 0 Å². The fourth-order valence-electron chi connectivity index (χ4n) is 2.86. The van der Waals surface area contributed by atoms with Gasteiger partial charge >= 0.3 is 34.7 Å². The maximum absolute atomic E-state index is 11.5. The zero-order valence-electron chi connectivity index (χ0n) is 21.1. The molecule has 12 nitrogen and oxygen atoms in total. The Labute approximate surface area is 239 Å². The average Bonchev–Trinajstić information content (AvgIpc) is 3.25. The lowest BCUT2D eigenvalue weighted by molar-refractivity contribution is -0.146. The van der Waals surface area contributed by atoms with Crippen molar-refractivity contribution in [1.29, 1.82) is 0 Å². The number of benzene rings is 2. The van der Waals surface area contributed by atoms with Crippen molar-refractivity contribution in [3.63, 3.8) is 0 Å². The number of amides is 1. The van der Waals surface area contributed by atoms with Crippen LogP contribution in [0.15, 0.2) is 60.7 Å². The van der Waals surface area contributed by atoms with Gasteiger partial charge in [0.1, 0.15) is 25.3 Å². The quantitative estimate of drug-likeness (QED) is 0.148. The Morgan fingerprint density at radius 3 is 1.73 bits per heavy atom. The summed E-state index contributed by atoms with van der Waals surface area (Å²) in [7, 11) is 0. The Kier molecular flexibility index (Phi) is 16.3. The van der Waals surface area contributed by atoms with Crippen LogP contribution in [0.5, 0.6) is 0 Å². The number of nitrogens with two attached hydrogens (primary N) is 1. The zero-order chi connectivity index (χ0) is 29.9. The van der Waals surface area contributed by atoms with E-state index in [1.165, 1.54) is 0 Å². The van der Waals surface area contributed by atoms with Crippen molar-refractivity contribution in [2.75, 3.05) is 0 Å². The van der Waals surface area contributed by atoms with Gasteiger partial charge in [0.2, 0.25) is 0 Å². The number of hydrogen-bond donors (Lipinski definition) is 3. The molecule has 1 saturated heterocycles. The molecule has 0 radical (unpaired) electrons. The molecule has 40 heavy (non-hydrogen) atoms. The Morgan fingerprint density at radius 2 is 1.32 bits per heavy atom. The molecule has 1 aliphatic heterocycles. The number of carboxylic acid groups (broad SMARTS) is 1. The fraction of sp³-hybridized carbons (Fsp3) is 0.308. The van der Waals surface area contributed by atoms with Crippen molar-refractivity contribution in [3.8, 4) is 0 Å². The summed E-state index contributed by atoms with van der Waals surface area (Å²) < 4.78 is 13.4. The van der Waals surface area contributed by atoms with Crippen LogP contribution >= 0.6 is 23.2 Å². The summed E-state index contributed by atoms with van der Waals surface area (Å²) >= 11 is 8.80. The van der Waals surface area contributed by atoms with Crippen molar-refractivity contribution >= 4 is 57.9 Å². The second kappa shape index (κ2) is 19.1. The minimum Gasteiger partial charge on any atom is -0.480 e. The number of carbonyl (C=O) groups is 6. The summed E-state index contributed by atoms with van der Waals surface area (Å²) in [4.78, 5) is 64.0. The summed E-state index contributed by atoms with van der Waals surface area (Å²) in [6.45, 7) is 0.392. The van der Waals surface area contributed by atoms with E-state index in [4.69, 9.17) is 25.1 Å². The molecule has 0 unspecified atom stereocenters. The van der Waals surface area contributed by atoms with Crippen molar-refractivity contribution in [2.24, 2.45) is 5.73 Å². The van der Waals surface area contributed by atoms with Crippen LogP contribution in [0.1, 0.15) is 36.8 Å². The van der Waals surface area contributed by atoms with Gasteiger partial charge in [-0.1, -0.05) is 60.7 Å². The summed E-state index contributed by atoms with van der Waals surface area (Å²) in [6.07, 6.45) is -0.443. The lowest BCUT2D eigenvalue weighted by atomic mass is 10.1. The van der Waals surface area contributed by atoms with E-state index >= 15 is 0 Å². The first-order valence-electron chi connectivity index (χ1n) is 11.7. The number of cyclic esters (lactones) is 2. The van der Waals surface area contributed by atoms with Gasteiger partial charge < -0.3 is 30.4 Å². The number of aliphatic carboxylic acids is 1. The molecule has 2 aromatic carbocycles. The van der Waals surface area contributed by atoms with Gasteiger partial charge in [0, 0.05) is 12.8 Å². The Balaban J connectivity index is 0.000000355. The molecule has 4 N–H and O–H groups in total. The van der Waals surface area contributed by atoms with Crippen LogP contribution in [0.4, 0.5) is 9.59 Å². The van der Waals surface area contributed by atoms with E-state index in [0.717, 1.165) is 11.1 Å². The smallest absolute Gasteiger partial charge is 0.415 e. The van der Waals surface area contributed by atoms with Crippen LogP contribution in [-0.4, -0.2) is 51.9 Å². The van der Waals surface area contributed by atoms with Gasteiger partial charge in [-0.15, -0.1) is 0 Å². The van der Waals surface area contributed by atoms with E-state index in [1.54, 1.807) is 0 Å². The van der Waals surface area contributed by atoms with E-state index in [2.05, 4.69) is 33.3 Å². The van der Waals surface area contributed by atoms with Crippen LogP contribution in [0, 0.1) is 0 Å². The molecular weight excluding hydrogens is 571 g/mol. The van der Waals surface area contributed by atoms with Gasteiger partial charge in [-0.25, -0.2) is 9.59 Å². The van der Waals surface area contributed by atoms with Gasteiger partial charge in [0.15, 0.2) is 0 Å². The number of carboxylic acids is 1. The number of carbonyl (C=O) groups excluding carboxylic acids is 5. The number of hydrogen-bond acceptors (Lipinski definition) is 10. The Morgan fingerprint density at radius 1 is 0.875 bits per heavy atom. The molecule has 0 saturated carbocycles. The minimum absolute atomic E-state index is 0.0142. The second-order valence-electron chi connectivity index (χ2n) is 7.95. The molecule has 2 aromatic rings. The molecule has 0 spiro atoms. The molecule has 1 fully saturated rings. The molecule has 1 aliphatic rings. The zero-order valence-corrected chi connectivity index (χ0v) is 22.6. The lowest BCUT2D eigenvalue weighted by Gasteiger charge is -2.07. The monoisotopic (exact) mass is 598 g/mol. The molecular formula is C26H28Cl2N2O10. The average molecular weight is 599 g/mol. The Bertz CT molecular complexity index is 1130. The maximum Gasteiger partial charge on any atom is 0.415 e. The molecule has 2 atom stereocenters. The molecule has 216 valence electrons. The molecule has 0 aliphatic carbocycles. The predicted molar refractivity (Wildman–Crippen MR) is 142 cm³/mol. The number of nitrogens with one attached hydrogen (secondary N) is 1. The molecule has 14 heteroatoms. The van der Waals surface area contributed by atoms with Crippen LogP contribution in [-0.2, 0) is 46.6 Å².